The van der Waals surface area contributed by atoms with Crippen molar-refractivity contribution in [3.8, 4) is 0 Å². The molecule has 0 aliphatic carbocycles. The van der Waals surface area contributed by atoms with Gasteiger partial charge < -0.3 is 0 Å². The van der Waals surface area contributed by atoms with Crippen LogP contribution in [0.3, 0.4) is 0 Å². The summed E-state index contributed by atoms with van der Waals surface area (Å²) >= 11 is 1.90. The number of aryl methyl sites for hydroxylation is 2. The Bertz CT molecular complexity index is 477. The highest BCUT2D eigenvalue weighted by Crippen LogP contribution is 2.33. The molecule has 1 heteroatoms. The van der Waals surface area contributed by atoms with Gasteiger partial charge in [-0.05, 0) is 29.9 Å². The summed E-state index contributed by atoms with van der Waals surface area (Å²) in [6.45, 7) is 8.28. The first-order valence-corrected chi connectivity index (χ1v) is 5.73. The van der Waals surface area contributed by atoms with Crippen LogP contribution in [0.1, 0.15) is 22.9 Å². The minimum absolute atomic E-state index is 1.13. The molecular weight excluding hydrogens is 188 g/mol. The lowest BCUT2D eigenvalue weighted by molar-refractivity contribution is 1.16. The monoisotopic (exact) mass is 202 g/mol. The molecule has 0 radical (unpaired) electrons. The SMILES string of the molecule is C=Cc1cccc2c(C)c(CC)sc12. The molecule has 2 aromatic rings. The van der Waals surface area contributed by atoms with Crippen molar-refractivity contribution in [2.75, 3.05) is 0 Å². The number of thiophene rings is 1. The summed E-state index contributed by atoms with van der Waals surface area (Å²) in [6.07, 6.45) is 3.07. The Kier molecular flexibility index (Phi) is 2.42. The minimum Gasteiger partial charge on any atom is -0.139 e. The average molecular weight is 202 g/mol. The zero-order valence-electron chi connectivity index (χ0n) is 8.63. The van der Waals surface area contributed by atoms with Crippen molar-refractivity contribution in [2.24, 2.45) is 0 Å². The molecule has 1 aromatic carbocycles. The van der Waals surface area contributed by atoms with Gasteiger partial charge in [0.2, 0.25) is 0 Å². The van der Waals surface area contributed by atoms with E-state index in [4.69, 9.17) is 0 Å². The van der Waals surface area contributed by atoms with Gasteiger partial charge in [0, 0.05) is 9.58 Å². The zero-order valence-corrected chi connectivity index (χ0v) is 9.45. The topological polar surface area (TPSA) is 0 Å². The van der Waals surface area contributed by atoms with Crippen molar-refractivity contribution >= 4 is 27.5 Å². The fourth-order valence-electron chi connectivity index (χ4n) is 1.81. The van der Waals surface area contributed by atoms with E-state index >= 15 is 0 Å². The van der Waals surface area contributed by atoms with Crippen molar-refractivity contribution in [2.45, 2.75) is 20.3 Å². The average Bonchev–Trinajstić information content (AvgIpc) is 2.55. The summed E-state index contributed by atoms with van der Waals surface area (Å²) in [6, 6.07) is 6.44. The van der Waals surface area contributed by atoms with Crippen molar-refractivity contribution < 1.29 is 0 Å². The molecule has 0 N–H and O–H groups in total. The van der Waals surface area contributed by atoms with Gasteiger partial charge in [0.25, 0.3) is 0 Å². The van der Waals surface area contributed by atoms with E-state index in [2.05, 4.69) is 38.6 Å². The zero-order chi connectivity index (χ0) is 10.1. The Hall–Kier alpha value is -1.08. The molecule has 0 aliphatic heterocycles. The van der Waals surface area contributed by atoms with E-state index in [0.717, 1.165) is 6.42 Å². The molecule has 72 valence electrons. The van der Waals surface area contributed by atoms with Crippen LogP contribution < -0.4 is 0 Å². The van der Waals surface area contributed by atoms with Gasteiger partial charge in [-0.25, -0.2) is 0 Å². The first kappa shape index (κ1) is 9.47. The fourth-order valence-corrected chi connectivity index (χ4v) is 3.07. The molecule has 0 spiro atoms. The molecule has 0 saturated carbocycles. The minimum atomic E-state index is 1.13. The molecule has 0 atom stereocenters. The molecule has 1 heterocycles. The van der Waals surface area contributed by atoms with Crippen LogP contribution >= 0.6 is 11.3 Å². The highest BCUT2D eigenvalue weighted by molar-refractivity contribution is 7.19. The third kappa shape index (κ3) is 1.28. The molecule has 14 heavy (non-hydrogen) atoms. The summed E-state index contributed by atoms with van der Waals surface area (Å²) in [5.74, 6) is 0. The Morgan fingerprint density at radius 1 is 1.43 bits per heavy atom. The predicted octanol–water partition coefficient (Wildman–Crippen LogP) is 4.42. The van der Waals surface area contributed by atoms with Crippen molar-refractivity contribution in [3.63, 3.8) is 0 Å². The van der Waals surface area contributed by atoms with E-state index in [-0.39, 0.29) is 0 Å². The Labute approximate surface area is 88.9 Å². The maximum Gasteiger partial charge on any atom is 0.0420 e. The van der Waals surface area contributed by atoms with Gasteiger partial charge in [0.05, 0.1) is 0 Å². The second kappa shape index (κ2) is 3.58. The van der Waals surface area contributed by atoms with Crippen LogP contribution in [0, 0.1) is 6.92 Å². The highest BCUT2D eigenvalue weighted by atomic mass is 32.1. The number of hydrogen-bond acceptors (Lipinski definition) is 1. The first-order chi connectivity index (χ1) is 6.77. The molecule has 2 rings (SSSR count). The number of rotatable bonds is 2. The van der Waals surface area contributed by atoms with Crippen molar-refractivity contribution in [1.82, 2.24) is 0 Å². The Morgan fingerprint density at radius 3 is 2.86 bits per heavy atom. The predicted molar refractivity (Wildman–Crippen MR) is 66.0 cm³/mol. The highest BCUT2D eigenvalue weighted by Gasteiger charge is 2.07. The molecular formula is C13H14S. The molecule has 0 fully saturated rings. The quantitative estimate of drug-likeness (QED) is 0.676. The lowest BCUT2D eigenvalue weighted by atomic mass is 10.1. The van der Waals surface area contributed by atoms with Gasteiger partial charge in [0.15, 0.2) is 0 Å². The van der Waals surface area contributed by atoms with Crippen molar-refractivity contribution in [3.05, 3.63) is 40.8 Å². The second-order valence-corrected chi connectivity index (χ2v) is 4.54. The summed E-state index contributed by atoms with van der Waals surface area (Å²) < 4.78 is 1.39. The summed E-state index contributed by atoms with van der Waals surface area (Å²) in [5.41, 5.74) is 2.70. The van der Waals surface area contributed by atoms with E-state index in [9.17, 15) is 0 Å². The van der Waals surface area contributed by atoms with E-state index in [0.29, 0.717) is 0 Å². The van der Waals surface area contributed by atoms with Crippen LogP contribution in [0.15, 0.2) is 24.8 Å². The molecule has 0 amide bonds. The largest absolute Gasteiger partial charge is 0.139 e. The molecule has 0 nitrogen and oxygen atoms in total. The van der Waals surface area contributed by atoms with Crippen LogP contribution in [0.5, 0.6) is 0 Å². The summed E-state index contributed by atoms with van der Waals surface area (Å²) in [5, 5.41) is 1.39. The fraction of sp³-hybridized carbons (Fsp3) is 0.231. The Balaban J connectivity index is 2.83. The first-order valence-electron chi connectivity index (χ1n) is 4.91. The summed E-state index contributed by atoms with van der Waals surface area (Å²) in [4.78, 5) is 1.49. The van der Waals surface area contributed by atoms with E-state index in [1.807, 2.05) is 17.4 Å². The number of fused-ring (bicyclic) bond motifs is 1. The molecule has 0 aliphatic rings. The molecule has 0 bridgehead atoms. The normalized spacial score (nSPS) is 10.7. The maximum atomic E-state index is 3.85. The van der Waals surface area contributed by atoms with Gasteiger partial charge in [-0.15, -0.1) is 11.3 Å². The van der Waals surface area contributed by atoms with Crippen LogP contribution in [-0.2, 0) is 6.42 Å². The van der Waals surface area contributed by atoms with Gasteiger partial charge in [-0.3, -0.25) is 0 Å². The van der Waals surface area contributed by atoms with Gasteiger partial charge >= 0.3 is 0 Å². The second-order valence-electron chi connectivity index (χ2n) is 3.43. The molecule has 0 saturated heterocycles. The van der Waals surface area contributed by atoms with Gasteiger partial charge in [0.1, 0.15) is 0 Å². The lowest BCUT2D eigenvalue weighted by Crippen LogP contribution is -1.76. The lowest BCUT2D eigenvalue weighted by Gasteiger charge is -1.95. The van der Waals surface area contributed by atoms with E-state index in [1.165, 1.54) is 26.1 Å². The molecule has 1 aromatic heterocycles. The maximum absolute atomic E-state index is 3.85. The number of benzene rings is 1. The Morgan fingerprint density at radius 2 is 2.21 bits per heavy atom. The van der Waals surface area contributed by atoms with Gasteiger partial charge in [-0.2, -0.15) is 0 Å². The summed E-state index contributed by atoms with van der Waals surface area (Å²) in [7, 11) is 0. The van der Waals surface area contributed by atoms with Crippen LogP contribution in [0.25, 0.3) is 16.2 Å². The van der Waals surface area contributed by atoms with Gasteiger partial charge in [-0.1, -0.05) is 37.8 Å². The van der Waals surface area contributed by atoms with Crippen LogP contribution in [-0.4, -0.2) is 0 Å². The standard InChI is InChI=1S/C13H14S/c1-4-10-7-6-8-11-9(3)12(5-2)14-13(10)11/h4,6-8H,1,5H2,2-3H3. The van der Waals surface area contributed by atoms with Crippen LogP contribution in [0.2, 0.25) is 0 Å². The van der Waals surface area contributed by atoms with Crippen molar-refractivity contribution in [1.29, 1.82) is 0 Å². The van der Waals surface area contributed by atoms with E-state index in [1.54, 1.807) is 0 Å². The number of hydrogen-bond donors (Lipinski definition) is 0. The molecule has 0 unspecified atom stereocenters. The van der Waals surface area contributed by atoms with E-state index < -0.39 is 0 Å². The smallest absolute Gasteiger partial charge is 0.0420 e. The third-order valence-electron chi connectivity index (χ3n) is 2.63. The third-order valence-corrected chi connectivity index (χ3v) is 4.14. The van der Waals surface area contributed by atoms with Crippen LogP contribution in [0.4, 0.5) is 0 Å².